The molecule has 0 saturated carbocycles. The summed E-state index contributed by atoms with van der Waals surface area (Å²) in [4.78, 5) is 24.6. The number of nitrogens with zero attached hydrogens (tertiary/aromatic N) is 1. The number of carbonyl (C=O) groups excluding carboxylic acids is 2. The first-order valence-electron chi connectivity index (χ1n) is 8.00. The molecule has 1 aromatic carbocycles. The van der Waals surface area contributed by atoms with Gasteiger partial charge in [0.15, 0.2) is 6.23 Å². The average molecular weight is 396 g/mol. The predicted molar refractivity (Wildman–Crippen MR) is 78.2 cm³/mol. The van der Waals surface area contributed by atoms with Gasteiger partial charge >= 0.3 is 18.3 Å². The Hall–Kier alpha value is -2.30. The zero-order valence-corrected chi connectivity index (χ0v) is 13.9. The zero-order valence-electron chi connectivity index (χ0n) is 13.9. The fourth-order valence-electron chi connectivity index (χ4n) is 3.40. The van der Waals surface area contributed by atoms with Gasteiger partial charge in [0, 0.05) is 18.7 Å². The molecular formula is C16H14F6N2O3. The summed E-state index contributed by atoms with van der Waals surface area (Å²) >= 11 is 0. The van der Waals surface area contributed by atoms with E-state index in [0.29, 0.717) is 0 Å². The molecule has 1 unspecified atom stereocenters. The van der Waals surface area contributed by atoms with Gasteiger partial charge in [0.05, 0.1) is 5.56 Å². The van der Waals surface area contributed by atoms with Crippen molar-refractivity contribution in [1.82, 2.24) is 10.2 Å². The highest BCUT2D eigenvalue weighted by atomic mass is 19.4. The van der Waals surface area contributed by atoms with Crippen LogP contribution in [0.2, 0.25) is 0 Å². The van der Waals surface area contributed by atoms with Crippen molar-refractivity contribution in [3.05, 3.63) is 34.4 Å². The van der Waals surface area contributed by atoms with Crippen molar-refractivity contribution in [2.24, 2.45) is 0 Å². The van der Waals surface area contributed by atoms with Gasteiger partial charge in [-0.05, 0) is 23.6 Å². The number of amides is 1. The van der Waals surface area contributed by atoms with E-state index in [0.717, 1.165) is 11.0 Å². The Labute approximate surface area is 149 Å². The number of benzene rings is 1. The zero-order chi connectivity index (χ0) is 20.1. The molecule has 2 heterocycles. The Balaban J connectivity index is 2.19. The van der Waals surface area contributed by atoms with E-state index in [1.165, 1.54) is 6.07 Å². The van der Waals surface area contributed by atoms with Gasteiger partial charge in [-0.15, -0.1) is 0 Å². The number of hydrogen-bond acceptors (Lipinski definition) is 4. The minimum atomic E-state index is -5.38. The number of rotatable bonds is 2. The largest absolute Gasteiger partial charge is 0.490 e. The van der Waals surface area contributed by atoms with Crippen LogP contribution in [0.25, 0.3) is 0 Å². The Kier molecular flexibility index (Phi) is 4.61. The molecule has 1 fully saturated rings. The summed E-state index contributed by atoms with van der Waals surface area (Å²) < 4.78 is 83.1. The number of aryl methyl sites for hydroxylation is 1. The summed E-state index contributed by atoms with van der Waals surface area (Å²) in [5.41, 5.74) is -1.67. The lowest BCUT2D eigenvalue weighted by atomic mass is 9.94. The van der Waals surface area contributed by atoms with Crippen LogP contribution in [0.4, 0.5) is 26.3 Å². The molecule has 1 N–H and O–H groups in total. The van der Waals surface area contributed by atoms with Gasteiger partial charge in [0.1, 0.15) is 6.04 Å². The van der Waals surface area contributed by atoms with E-state index in [1.54, 1.807) is 6.92 Å². The van der Waals surface area contributed by atoms with E-state index in [4.69, 9.17) is 0 Å². The number of halogens is 6. The number of hydrogen-bond donors (Lipinski definition) is 1. The fraction of sp³-hybridized carbons (Fsp3) is 0.500. The molecule has 0 bridgehead atoms. The monoisotopic (exact) mass is 396 g/mol. The van der Waals surface area contributed by atoms with Gasteiger partial charge in [-0.3, -0.25) is 4.79 Å². The second kappa shape index (κ2) is 6.39. The number of alkyl halides is 6. The molecule has 1 aromatic rings. The number of piperazine rings is 1. The molecular weight excluding hydrogens is 382 g/mol. The third kappa shape index (κ3) is 3.35. The van der Waals surface area contributed by atoms with Crippen molar-refractivity contribution in [2.45, 2.75) is 38.0 Å². The van der Waals surface area contributed by atoms with Gasteiger partial charge in [-0.2, -0.15) is 26.3 Å². The molecule has 5 nitrogen and oxygen atoms in total. The normalized spacial score (nSPS) is 22.9. The Morgan fingerprint density at radius 3 is 2.48 bits per heavy atom. The van der Waals surface area contributed by atoms with Gasteiger partial charge < -0.3 is 10.1 Å². The van der Waals surface area contributed by atoms with Crippen LogP contribution >= 0.6 is 0 Å². The number of fused-ring (bicyclic) bond motifs is 3. The molecule has 2 aliphatic rings. The fourth-order valence-corrected chi connectivity index (χ4v) is 3.40. The second-order valence-electron chi connectivity index (χ2n) is 6.18. The van der Waals surface area contributed by atoms with Crippen LogP contribution in [-0.4, -0.2) is 36.0 Å². The maximum Gasteiger partial charge on any atom is 0.490 e. The van der Waals surface area contributed by atoms with Crippen LogP contribution in [0.15, 0.2) is 12.1 Å². The van der Waals surface area contributed by atoms with Crippen molar-refractivity contribution in [2.75, 3.05) is 13.1 Å². The maximum absolute atomic E-state index is 13.6. The summed E-state index contributed by atoms with van der Waals surface area (Å²) in [5, 5.41) is 2.47. The van der Waals surface area contributed by atoms with E-state index in [-0.39, 0.29) is 30.6 Å². The lowest BCUT2D eigenvalue weighted by Crippen LogP contribution is -2.49. The van der Waals surface area contributed by atoms with Crippen molar-refractivity contribution < 1.29 is 40.7 Å². The molecule has 1 amide bonds. The topological polar surface area (TPSA) is 58.6 Å². The van der Waals surface area contributed by atoms with Crippen LogP contribution in [0, 0.1) is 0 Å². The van der Waals surface area contributed by atoms with Gasteiger partial charge in [0.2, 0.25) is 5.91 Å². The molecule has 148 valence electrons. The van der Waals surface area contributed by atoms with Crippen LogP contribution in [0.5, 0.6) is 0 Å². The first-order chi connectivity index (χ1) is 12.4. The standard InChI is InChI=1S/C16H14F6N2O3/c1-2-7-5-8-10(9(6-7)15(17,18)19)13(27-14(26)16(20,21)22)24-4-3-23-12(25)11(8)24/h5-6,11,13H,2-4H2,1H3,(H,23,25)/t11?,13-/m1/s1. The lowest BCUT2D eigenvalue weighted by Gasteiger charge is -2.33. The Morgan fingerprint density at radius 2 is 1.93 bits per heavy atom. The molecule has 11 heteroatoms. The van der Waals surface area contributed by atoms with E-state index in [9.17, 15) is 35.9 Å². The predicted octanol–water partition coefficient (Wildman–Crippen LogP) is 2.86. The molecule has 2 atom stereocenters. The number of esters is 1. The molecule has 3 rings (SSSR count). The third-order valence-electron chi connectivity index (χ3n) is 4.53. The maximum atomic E-state index is 13.6. The SMILES string of the molecule is CCc1cc2c(c(C(F)(F)F)c1)[C@@H](OC(=O)C(F)(F)F)N1CCNC(=O)C21. The van der Waals surface area contributed by atoms with Crippen LogP contribution in [-0.2, 0) is 26.9 Å². The quantitative estimate of drug-likeness (QED) is 0.617. The van der Waals surface area contributed by atoms with Crippen molar-refractivity contribution in [3.8, 4) is 0 Å². The Morgan fingerprint density at radius 1 is 1.26 bits per heavy atom. The summed E-state index contributed by atoms with van der Waals surface area (Å²) in [6.07, 6.45) is -12.0. The number of ether oxygens (including phenoxy) is 1. The number of carbonyl (C=O) groups is 2. The lowest BCUT2D eigenvalue weighted by molar-refractivity contribution is -0.215. The molecule has 2 aliphatic heterocycles. The molecule has 27 heavy (non-hydrogen) atoms. The average Bonchev–Trinajstić information content (AvgIpc) is 2.87. The van der Waals surface area contributed by atoms with Crippen LogP contribution in [0.1, 0.15) is 41.4 Å². The molecule has 0 aliphatic carbocycles. The summed E-state index contributed by atoms with van der Waals surface area (Å²) in [6.45, 7) is 1.54. The minimum absolute atomic E-state index is 0.00533. The van der Waals surface area contributed by atoms with Crippen molar-refractivity contribution >= 4 is 11.9 Å². The Bertz CT molecular complexity index is 790. The minimum Gasteiger partial charge on any atom is -0.435 e. The summed E-state index contributed by atoms with van der Waals surface area (Å²) in [7, 11) is 0. The first-order valence-corrected chi connectivity index (χ1v) is 8.00. The summed E-state index contributed by atoms with van der Waals surface area (Å²) in [6, 6.07) is 0.894. The molecule has 0 radical (unpaired) electrons. The smallest absolute Gasteiger partial charge is 0.435 e. The highest BCUT2D eigenvalue weighted by Crippen LogP contribution is 2.49. The first kappa shape index (κ1) is 19.5. The number of nitrogens with one attached hydrogen (secondary N) is 1. The van der Waals surface area contributed by atoms with E-state index >= 15 is 0 Å². The van der Waals surface area contributed by atoms with Gasteiger partial charge in [0.25, 0.3) is 0 Å². The molecule has 1 saturated heterocycles. The molecule has 0 spiro atoms. The van der Waals surface area contributed by atoms with E-state index < -0.39 is 47.6 Å². The van der Waals surface area contributed by atoms with E-state index in [1.807, 2.05) is 0 Å². The van der Waals surface area contributed by atoms with Crippen molar-refractivity contribution in [3.63, 3.8) is 0 Å². The highest BCUT2D eigenvalue weighted by Gasteiger charge is 2.53. The molecule has 0 aromatic heterocycles. The van der Waals surface area contributed by atoms with Gasteiger partial charge in [-0.25, -0.2) is 9.69 Å². The van der Waals surface area contributed by atoms with Crippen molar-refractivity contribution in [1.29, 1.82) is 0 Å². The van der Waals surface area contributed by atoms with Gasteiger partial charge in [-0.1, -0.05) is 13.0 Å². The van der Waals surface area contributed by atoms with Crippen LogP contribution in [0.3, 0.4) is 0 Å². The third-order valence-corrected chi connectivity index (χ3v) is 4.53. The van der Waals surface area contributed by atoms with E-state index in [2.05, 4.69) is 10.1 Å². The second-order valence-corrected chi connectivity index (χ2v) is 6.18. The van der Waals surface area contributed by atoms with Crippen LogP contribution < -0.4 is 5.32 Å². The highest BCUT2D eigenvalue weighted by molar-refractivity contribution is 5.86. The summed E-state index contributed by atoms with van der Waals surface area (Å²) in [5.74, 6) is -3.27.